The van der Waals surface area contributed by atoms with E-state index < -0.39 is 0 Å². The fraction of sp³-hybridized carbons (Fsp3) is 0.250. The van der Waals surface area contributed by atoms with E-state index in [9.17, 15) is 0 Å². The quantitative estimate of drug-likeness (QED) is 0.755. The summed E-state index contributed by atoms with van der Waals surface area (Å²) in [7, 11) is 0. The second-order valence-electron chi connectivity index (χ2n) is 4.24. The number of aromatic nitrogens is 4. The molecule has 3 rings (SSSR count). The summed E-state index contributed by atoms with van der Waals surface area (Å²) in [6.45, 7) is 2.14. The molecule has 2 N–H and O–H groups in total. The number of fused-ring (bicyclic) bond motifs is 1. The number of anilines is 1. The molecule has 0 aliphatic carbocycles. The maximum Gasteiger partial charge on any atom is 0.160 e. The van der Waals surface area contributed by atoms with Gasteiger partial charge in [0.15, 0.2) is 5.65 Å². The van der Waals surface area contributed by atoms with Crippen molar-refractivity contribution < 1.29 is 0 Å². The number of hydrogen-bond donors (Lipinski definition) is 2. The molecule has 0 radical (unpaired) electrons. The highest BCUT2D eigenvalue weighted by atomic mass is 32.1. The van der Waals surface area contributed by atoms with Crippen molar-refractivity contribution in [1.29, 1.82) is 0 Å². The topological polar surface area (TPSA) is 66.5 Å². The second-order valence-corrected chi connectivity index (χ2v) is 5.02. The highest BCUT2D eigenvalue weighted by Gasteiger charge is 2.09. The minimum Gasteiger partial charge on any atom is -0.367 e. The fourth-order valence-electron chi connectivity index (χ4n) is 1.93. The zero-order chi connectivity index (χ0) is 12.4. The number of rotatable bonds is 4. The van der Waals surface area contributed by atoms with Gasteiger partial charge in [-0.05, 0) is 35.7 Å². The van der Waals surface area contributed by atoms with Crippen LogP contribution in [0.25, 0.3) is 11.0 Å². The summed E-state index contributed by atoms with van der Waals surface area (Å²) in [5.41, 5.74) is 2.10. The molecule has 0 aliphatic rings. The Morgan fingerprint density at radius 2 is 2.39 bits per heavy atom. The minimum absolute atomic E-state index is 0.313. The number of aromatic amines is 1. The largest absolute Gasteiger partial charge is 0.367 e. The third kappa shape index (κ3) is 2.19. The Hall–Kier alpha value is -1.95. The van der Waals surface area contributed by atoms with E-state index in [0.717, 1.165) is 23.3 Å². The van der Waals surface area contributed by atoms with E-state index in [4.69, 9.17) is 0 Å². The lowest BCUT2D eigenvalue weighted by molar-refractivity contribution is 0.788. The number of hydrogen-bond acceptors (Lipinski definition) is 5. The Morgan fingerprint density at radius 1 is 1.44 bits per heavy atom. The standard InChI is InChI=1S/C12H13N5S/c1-8(4-9-2-3-18-6-9)16-11-10-5-15-17-12(10)14-7-13-11/h2-3,5-8H,4H2,1H3,(H2,13,14,15,16,17)/t8-/m0/s1. The summed E-state index contributed by atoms with van der Waals surface area (Å²) in [6.07, 6.45) is 4.27. The van der Waals surface area contributed by atoms with E-state index in [-0.39, 0.29) is 0 Å². The molecular formula is C12H13N5S. The Labute approximate surface area is 108 Å². The Morgan fingerprint density at radius 3 is 3.22 bits per heavy atom. The molecule has 0 aromatic carbocycles. The first-order chi connectivity index (χ1) is 8.83. The molecule has 3 aromatic heterocycles. The molecule has 0 bridgehead atoms. The summed E-state index contributed by atoms with van der Waals surface area (Å²) in [5.74, 6) is 0.830. The van der Waals surface area contributed by atoms with Gasteiger partial charge >= 0.3 is 0 Å². The maximum atomic E-state index is 4.27. The Kier molecular flexibility index (Phi) is 2.93. The van der Waals surface area contributed by atoms with Crippen molar-refractivity contribution in [2.75, 3.05) is 5.32 Å². The molecule has 0 aliphatic heterocycles. The number of nitrogens with one attached hydrogen (secondary N) is 2. The van der Waals surface area contributed by atoms with E-state index in [1.165, 1.54) is 5.56 Å². The van der Waals surface area contributed by atoms with Crippen molar-refractivity contribution in [3.63, 3.8) is 0 Å². The van der Waals surface area contributed by atoms with Crippen LogP contribution >= 0.6 is 11.3 Å². The van der Waals surface area contributed by atoms with Gasteiger partial charge in [0.25, 0.3) is 0 Å². The van der Waals surface area contributed by atoms with Gasteiger partial charge in [-0.1, -0.05) is 0 Å². The lowest BCUT2D eigenvalue weighted by atomic mass is 10.1. The van der Waals surface area contributed by atoms with Crippen LogP contribution in [0.4, 0.5) is 5.82 Å². The Balaban J connectivity index is 1.77. The van der Waals surface area contributed by atoms with Crippen molar-refractivity contribution in [3.05, 3.63) is 34.9 Å². The van der Waals surface area contributed by atoms with Crippen LogP contribution in [-0.2, 0) is 6.42 Å². The van der Waals surface area contributed by atoms with Crippen molar-refractivity contribution in [1.82, 2.24) is 20.2 Å². The normalized spacial score (nSPS) is 12.7. The first-order valence-corrected chi connectivity index (χ1v) is 6.69. The smallest absolute Gasteiger partial charge is 0.160 e. The van der Waals surface area contributed by atoms with Gasteiger partial charge in [-0.2, -0.15) is 16.4 Å². The monoisotopic (exact) mass is 259 g/mol. The molecule has 92 valence electrons. The van der Waals surface area contributed by atoms with E-state index in [0.29, 0.717) is 6.04 Å². The second kappa shape index (κ2) is 4.73. The SMILES string of the molecule is C[C@@H](Cc1ccsc1)Nc1ncnc2[nH]ncc12. The molecule has 1 atom stereocenters. The molecule has 0 amide bonds. The molecule has 0 unspecified atom stereocenters. The lowest BCUT2D eigenvalue weighted by Crippen LogP contribution is -2.18. The van der Waals surface area contributed by atoms with Crippen LogP contribution in [0.3, 0.4) is 0 Å². The molecule has 5 nitrogen and oxygen atoms in total. The highest BCUT2D eigenvalue weighted by Crippen LogP contribution is 2.18. The van der Waals surface area contributed by atoms with Crippen LogP contribution in [0.1, 0.15) is 12.5 Å². The van der Waals surface area contributed by atoms with Crippen molar-refractivity contribution in [2.45, 2.75) is 19.4 Å². The minimum atomic E-state index is 0.313. The van der Waals surface area contributed by atoms with Gasteiger partial charge in [0.1, 0.15) is 12.1 Å². The molecule has 18 heavy (non-hydrogen) atoms. The number of H-pyrrole nitrogens is 1. The van der Waals surface area contributed by atoms with Gasteiger partial charge in [0.2, 0.25) is 0 Å². The number of nitrogens with zero attached hydrogens (tertiary/aromatic N) is 3. The van der Waals surface area contributed by atoms with Gasteiger partial charge in [-0.3, -0.25) is 5.10 Å². The highest BCUT2D eigenvalue weighted by molar-refractivity contribution is 7.07. The van der Waals surface area contributed by atoms with Gasteiger partial charge in [0, 0.05) is 6.04 Å². The maximum absolute atomic E-state index is 4.27. The van der Waals surface area contributed by atoms with Gasteiger partial charge < -0.3 is 5.32 Å². The fourth-order valence-corrected chi connectivity index (χ4v) is 2.61. The summed E-state index contributed by atoms with van der Waals surface area (Å²) in [6, 6.07) is 2.46. The summed E-state index contributed by atoms with van der Waals surface area (Å²) < 4.78 is 0. The summed E-state index contributed by atoms with van der Waals surface area (Å²) in [4.78, 5) is 8.39. The average molecular weight is 259 g/mol. The van der Waals surface area contributed by atoms with E-state index in [1.807, 2.05) is 0 Å². The first-order valence-electron chi connectivity index (χ1n) is 5.74. The summed E-state index contributed by atoms with van der Waals surface area (Å²) >= 11 is 1.72. The van der Waals surface area contributed by atoms with Gasteiger partial charge in [-0.15, -0.1) is 0 Å². The van der Waals surface area contributed by atoms with E-state index >= 15 is 0 Å². The predicted octanol–water partition coefficient (Wildman–Crippen LogP) is 2.46. The molecule has 3 heterocycles. The lowest BCUT2D eigenvalue weighted by Gasteiger charge is -2.13. The summed E-state index contributed by atoms with van der Waals surface area (Å²) in [5, 5.41) is 15.4. The number of thiophene rings is 1. The average Bonchev–Trinajstić information content (AvgIpc) is 2.99. The molecular weight excluding hydrogens is 246 g/mol. The van der Waals surface area contributed by atoms with Gasteiger partial charge in [-0.25, -0.2) is 9.97 Å². The van der Waals surface area contributed by atoms with Crippen LogP contribution in [0.15, 0.2) is 29.4 Å². The third-order valence-corrected chi connectivity index (χ3v) is 3.49. The first kappa shape index (κ1) is 11.2. The molecule has 0 fully saturated rings. The molecule has 0 saturated heterocycles. The van der Waals surface area contributed by atoms with Crippen LogP contribution in [0.5, 0.6) is 0 Å². The zero-order valence-corrected chi connectivity index (χ0v) is 10.7. The molecule has 0 spiro atoms. The van der Waals surface area contributed by atoms with Crippen LogP contribution in [0, 0.1) is 0 Å². The van der Waals surface area contributed by atoms with Gasteiger partial charge in [0.05, 0.1) is 11.6 Å². The van der Waals surface area contributed by atoms with Crippen LogP contribution in [0.2, 0.25) is 0 Å². The molecule has 3 aromatic rings. The van der Waals surface area contributed by atoms with Crippen LogP contribution < -0.4 is 5.32 Å². The van der Waals surface area contributed by atoms with Crippen molar-refractivity contribution in [3.8, 4) is 0 Å². The molecule has 6 heteroatoms. The Bertz CT molecular complexity index is 631. The van der Waals surface area contributed by atoms with E-state index in [1.54, 1.807) is 23.9 Å². The third-order valence-electron chi connectivity index (χ3n) is 2.75. The van der Waals surface area contributed by atoms with E-state index in [2.05, 4.69) is 49.2 Å². The zero-order valence-electron chi connectivity index (χ0n) is 9.92. The van der Waals surface area contributed by atoms with Crippen LogP contribution in [-0.4, -0.2) is 26.2 Å². The van der Waals surface area contributed by atoms with Crippen molar-refractivity contribution in [2.24, 2.45) is 0 Å². The predicted molar refractivity (Wildman–Crippen MR) is 72.8 cm³/mol. The molecule has 0 saturated carbocycles. The van der Waals surface area contributed by atoms with Crippen molar-refractivity contribution >= 4 is 28.2 Å².